The summed E-state index contributed by atoms with van der Waals surface area (Å²) in [5, 5.41) is 2.84. The van der Waals surface area contributed by atoms with Crippen molar-refractivity contribution in [2.24, 2.45) is 0 Å². The Balaban J connectivity index is 2.56. The second-order valence-corrected chi connectivity index (χ2v) is 3.95. The third kappa shape index (κ3) is 3.51. The standard InChI is InChI=1S/C10H16N2O2S/c1-4-12(3)10-11-8(7-15-10)6-9(13)14-5-2/h7H,4-6H2,1-3H3. The molecule has 5 heteroatoms. The second kappa shape index (κ2) is 5.70. The van der Waals surface area contributed by atoms with Crippen LogP contribution in [-0.4, -0.2) is 31.2 Å². The Morgan fingerprint density at radius 1 is 1.60 bits per heavy atom. The molecule has 0 unspecified atom stereocenters. The van der Waals surface area contributed by atoms with Crippen LogP contribution in [0.4, 0.5) is 5.13 Å². The van der Waals surface area contributed by atoms with E-state index in [2.05, 4.69) is 11.9 Å². The molecule has 1 aromatic rings. The molecule has 0 fully saturated rings. The van der Waals surface area contributed by atoms with E-state index in [0.717, 1.165) is 17.4 Å². The molecule has 0 N–H and O–H groups in total. The smallest absolute Gasteiger partial charge is 0.311 e. The van der Waals surface area contributed by atoms with Gasteiger partial charge in [-0.3, -0.25) is 4.79 Å². The van der Waals surface area contributed by atoms with Gasteiger partial charge in [-0.25, -0.2) is 4.98 Å². The third-order valence-electron chi connectivity index (χ3n) is 1.97. The van der Waals surface area contributed by atoms with Crippen LogP contribution in [0, 0.1) is 0 Å². The highest BCUT2D eigenvalue weighted by atomic mass is 32.1. The summed E-state index contributed by atoms with van der Waals surface area (Å²) in [6.07, 6.45) is 0.266. The predicted octanol–water partition coefficient (Wildman–Crippen LogP) is 1.70. The number of anilines is 1. The van der Waals surface area contributed by atoms with Gasteiger partial charge in [-0.05, 0) is 13.8 Å². The van der Waals surface area contributed by atoms with Crippen LogP contribution in [0.1, 0.15) is 19.5 Å². The van der Waals surface area contributed by atoms with Crippen molar-refractivity contribution < 1.29 is 9.53 Å². The van der Waals surface area contributed by atoms with Gasteiger partial charge >= 0.3 is 5.97 Å². The lowest BCUT2D eigenvalue weighted by atomic mass is 10.3. The Morgan fingerprint density at radius 3 is 2.93 bits per heavy atom. The van der Waals surface area contributed by atoms with E-state index in [9.17, 15) is 4.79 Å². The first-order valence-corrected chi connectivity index (χ1v) is 5.86. The van der Waals surface area contributed by atoms with Crippen molar-refractivity contribution in [1.29, 1.82) is 0 Å². The number of ether oxygens (including phenoxy) is 1. The second-order valence-electron chi connectivity index (χ2n) is 3.12. The van der Waals surface area contributed by atoms with E-state index in [1.807, 2.05) is 17.3 Å². The van der Waals surface area contributed by atoms with Crippen molar-refractivity contribution in [2.45, 2.75) is 20.3 Å². The van der Waals surface area contributed by atoms with Gasteiger partial charge in [0.1, 0.15) is 0 Å². The van der Waals surface area contributed by atoms with Crippen molar-refractivity contribution >= 4 is 22.4 Å². The molecule has 0 spiro atoms. The van der Waals surface area contributed by atoms with Crippen molar-refractivity contribution in [1.82, 2.24) is 4.98 Å². The Morgan fingerprint density at radius 2 is 2.33 bits per heavy atom. The molecule has 15 heavy (non-hydrogen) atoms. The fraction of sp³-hybridized carbons (Fsp3) is 0.600. The molecule has 0 aliphatic heterocycles. The molecule has 0 aromatic carbocycles. The molecule has 0 atom stereocenters. The Labute approximate surface area is 93.9 Å². The number of carbonyl (C=O) groups is 1. The SMILES string of the molecule is CCOC(=O)Cc1csc(N(C)CC)n1. The summed E-state index contributed by atoms with van der Waals surface area (Å²) in [4.78, 5) is 17.6. The van der Waals surface area contributed by atoms with Gasteiger partial charge in [-0.1, -0.05) is 0 Å². The minimum atomic E-state index is -0.214. The zero-order valence-corrected chi connectivity index (χ0v) is 10.1. The number of aromatic nitrogens is 1. The Bertz CT molecular complexity index is 325. The monoisotopic (exact) mass is 228 g/mol. The van der Waals surface area contributed by atoms with Crippen LogP contribution in [0.15, 0.2) is 5.38 Å². The van der Waals surface area contributed by atoms with Gasteiger partial charge in [0.15, 0.2) is 5.13 Å². The fourth-order valence-corrected chi connectivity index (χ4v) is 1.90. The van der Waals surface area contributed by atoms with Gasteiger partial charge in [-0.15, -0.1) is 11.3 Å². The number of esters is 1. The van der Waals surface area contributed by atoms with Gasteiger partial charge in [0.05, 0.1) is 18.7 Å². The summed E-state index contributed by atoms with van der Waals surface area (Å²) >= 11 is 1.55. The molecular formula is C10H16N2O2S. The number of carbonyl (C=O) groups excluding carboxylic acids is 1. The summed E-state index contributed by atoms with van der Waals surface area (Å²) in [6, 6.07) is 0. The van der Waals surface area contributed by atoms with Crippen LogP contribution in [0.5, 0.6) is 0 Å². The van der Waals surface area contributed by atoms with Gasteiger partial charge in [-0.2, -0.15) is 0 Å². The van der Waals surface area contributed by atoms with E-state index in [-0.39, 0.29) is 12.4 Å². The zero-order chi connectivity index (χ0) is 11.3. The Hall–Kier alpha value is -1.10. The van der Waals surface area contributed by atoms with E-state index in [4.69, 9.17) is 4.74 Å². The first-order chi connectivity index (χ1) is 7.17. The molecule has 84 valence electrons. The summed E-state index contributed by atoms with van der Waals surface area (Å²) in [6.45, 7) is 5.19. The van der Waals surface area contributed by atoms with Crippen molar-refractivity contribution in [3.05, 3.63) is 11.1 Å². The molecule has 0 amide bonds. The highest BCUT2D eigenvalue weighted by molar-refractivity contribution is 7.13. The van der Waals surface area contributed by atoms with Crippen LogP contribution in [0.3, 0.4) is 0 Å². The first-order valence-electron chi connectivity index (χ1n) is 4.98. The van der Waals surface area contributed by atoms with E-state index < -0.39 is 0 Å². The number of thiazole rings is 1. The lowest BCUT2D eigenvalue weighted by Gasteiger charge is -2.11. The van der Waals surface area contributed by atoms with Gasteiger partial charge in [0.25, 0.3) is 0 Å². The predicted molar refractivity (Wildman–Crippen MR) is 61.4 cm³/mol. The quantitative estimate of drug-likeness (QED) is 0.719. The third-order valence-corrected chi connectivity index (χ3v) is 2.98. The van der Waals surface area contributed by atoms with Crippen LogP contribution < -0.4 is 4.90 Å². The lowest BCUT2D eigenvalue weighted by Crippen LogP contribution is -2.15. The normalized spacial score (nSPS) is 10.1. The van der Waals surface area contributed by atoms with E-state index in [0.29, 0.717) is 6.61 Å². The van der Waals surface area contributed by atoms with Crippen LogP contribution >= 0.6 is 11.3 Å². The van der Waals surface area contributed by atoms with Gasteiger partial charge in [0, 0.05) is 19.0 Å². The number of hydrogen-bond acceptors (Lipinski definition) is 5. The summed E-state index contributed by atoms with van der Waals surface area (Å²) in [7, 11) is 1.98. The molecule has 1 rings (SSSR count). The molecule has 0 aliphatic rings. The molecule has 0 saturated carbocycles. The zero-order valence-electron chi connectivity index (χ0n) is 9.32. The summed E-state index contributed by atoms with van der Waals surface area (Å²) in [5.74, 6) is -0.214. The lowest BCUT2D eigenvalue weighted by molar-refractivity contribution is -0.142. The number of rotatable bonds is 5. The molecule has 0 radical (unpaired) electrons. The number of nitrogens with zero attached hydrogens (tertiary/aromatic N) is 2. The Kier molecular flexibility index (Phi) is 4.55. The van der Waals surface area contributed by atoms with Crippen LogP contribution in [0.2, 0.25) is 0 Å². The van der Waals surface area contributed by atoms with E-state index in [1.165, 1.54) is 0 Å². The minimum Gasteiger partial charge on any atom is -0.466 e. The average molecular weight is 228 g/mol. The van der Waals surface area contributed by atoms with Crippen molar-refractivity contribution in [2.75, 3.05) is 25.1 Å². The van der Waals surface area contributed by atoms with Gasteiger partial charge in [0.2, 0.25) is 0 Å². The molecule has 0 bridgehead atoms. The molecule has 1 heterocycles. The molecule has 0 saturated heterocycles. The maximum atomic E-state index is 11.2. The summed E-state index contributed by atoms with van der Waals surface area (Å²) in [5.41, 5.74) is 0.786. The highest BCUT2D eigenvalue weighted by Gasteiger charge is 2.09. The minimum absolute atomic E-state index is 0.214. The van der Waals surface area contributed by atoms with E-state index >= 15 is 0 Å². The fourth-order valence-electron chi connectivity index (χ4n) is 1.05. The van der Waals surface area contributed by atoms with Crippen molar-refractivity contribution in [3.8, 4) is 0 Å². The largest absolute Gasteiger partial charge is 0.466 e. The molecule has 1 aromatic heterocycles. The van der Waals surface area contributed by atoms with Crippen molar-refractivity contribution in [3.63, 3.8) is 0 Å². The van der Waals surface area contributed by atoms with Crippen LogP contribution in [-0.2, 0) is 16.0 Å². The topological polar surface area (TPSA) is 42.4 Å². The van der Waals surface area contributed by atoms with Gasteiger partial charge < -0.3 is 9.64 Å². The number of hydrogen-bond donors (Lipinski definition) is 0. The first kappa shape index (κ1) is 12.0. The molecule has 4 nitrogen and oxygen atoms in total. The maximum absolute atomic E-state index is 11.2. The summed E-state index contributed by atoms with van der Waals surface area (Å²) < 4.78 is 4.85. The maximum Gasteiger partial charge on any atom is 0.311 e. The average Bonchev–Trinajstić information content (AvgIpc) is 2.65. The molecule has 0 aliphatic carbocycles. The molecular weight excluding hydrogens is 212 g/mol. The van der Waals surface area contributed by atoms with E-state index in [1.54, 1.807) is 18.3 Å². The highest BCUT2D eigenvalue weighted by Crippen LogP contribution is 2.19. The van der Waals surface area contributed by atoms with Crippen LogP contribution in [0.25, 0.3) is 0 Å².